The Labute approximate surface area is 230 Å². The van der Waals surface area contributed by atoms with E-state index in [0.717, 1.165) is 0 Å². The van der Waals surface area contributed by atoms with Crippen molar-refractivity contribution in [1.82, 2.24) is 0 Å². The lowest BCUT2D eigenvalue weighted by Crippen LogP contribution is -3.09. The first kappa shape index (κ1) is 37.4. The van der Waals surface area contributed by atoms with Crippen LogP contribution in [0.3, 0.4) is 0 Å². The zero-order chi connectivity index (χ0) is 24.8. The van der Waals surface area contributed by atoms with Gasteiger partial charge in [0.25, 0.3) is 0 Å². The van der Waals surface area contributed by atoms with Crippen LogP contribution in [0.1, 0.15) is 194 Å². The Morgan fingerprint density at radius 1 is 0.286 bits per heavy atom. The van der Waals surface area contributed by atoms with Crippen molar-refractivity contribution in [2.75, 3.05) is 20.1 Å². The van der Waals surface area contributed by atoms with Crippen LogP contribution in [0.5, 0.6) is 0 Å². The molecule has 0 fully saturated rings. The summed E-state index contributed by atoms with van der Waals surface area (Å²) in [5.41, 5.74) is 0. The highest BCUT2D eigenvalue weighted by Crippen LogP contribution is 2.14. The van der Waals surface area contributed by atoms with Crippen LogP contribution in [0.15, 0.2) is 0 Å². The predicted molar refractivity (Wildman–Crippen MR) is 157 cm³/mol. The van der Waals surface area contributed by atoms with Gasteiger partial charge in [-0.25, -0.2) is 0 Å². The van der Waals surface area contributed by atoms with E-state index in [1.807, 2.05) is 0 Å². The van der Waals surface area contributed by atoms with Crippen molar-refractivity contribution < 1.29 is 17.3 Å². The van der Waals surface area contributed by atoms with Gasteiger partial charge in [-0.1, -0.05) is 168 Å². The molecule has 2 heteroatoms. The Balaban J connectivity index is 0. The van der Waals surface area contributed by atoms with Crippen molar-refractivity contribution in [3.05, 3.63) is 0 Å². The molecule has 0 unspecified atom stereocenters. The minimum absolute atomic E-state index is 0. The average molecular weight is 516 g/mol. The Bertz CT molecular complexity index is 314. The first-order chi connectivity index (χ1) is 16.8. The van der Waals surface area contributed by atoms with Crippen LogP contribution in [0.25, 0.3) is 0 Å². The first-order valence-corrected chi connectivity index (χ1v) is 16.6. The Hall–Kier alpha value is 0.250. The maximum Gasteiger partial charge on any atom is 0.0768 e. The SMILES string of the molecule is CCCCCCCCCCCCCCCC[NH+](C)CCCCCCCCCCCCCCCC.[Cl-]. The molecule has 0 saturated carbocycles. The summed E-state index contributed by atoms with van der Waals surface area (Å²) in [6.07, 6.45) is 41.1. The number of nitrogens with one attached hydrogen (secondary N) is 1. The van der Waals surface area contributed by atoms with Crippen LogP contribution in [0.4, 0.5) is 0 Å². The van der Waals surface area contributed by atoms with E-state index in [-0.39, 0.29) is 12.4 Å². The summed E-state index contributed by atoms with van der Waals surface area (Å²) in [6, 6.07) is 0. The van der Waals surface area contributed by atoms with Crippen LogP contribution in [0.2, 0.25) is 0 Å². The molecule has 0 rings (SSSR count). The van der Waals surface area contributed by atoms with E-state index in [1.54, 1.807) is 4.90 Å². The van der Waals surface area contributed by atoms with E-state index in [0.29, 0.717) is 0 Å². The summed E-state index contributed by atoms with van der Waals surface area (Å²) in [6.45, 7) is 7.41. The van der Waals surface area contributed by atoms with Gasteiger partial charge < -0.3 is 17.3 Å². The van der Waals surface area contributed by atoms with Crippen molar-refractivity contribution >= 4 is 0 Å². The summed E-state index contributed by atoms with van der Waals surface area (Å²) in [5, 5.41) is 0. The van der Waals surface area contributed by atoms with Crippen molar-refractivity contribution in [2.24, 2.45) is 0 Å². The fraction of sp³-hybridized carbons (Fsp3) is 1.00. The highest BCUT2D eigenvalue weighted by Gasteiger charge is 2.02. The smallest absolute Gasteiger partial charge is 0.0768 e. The molecule has 0 spiro atoms. The lowest BCUT2D eigenvalue weighted by Gasteiger charge is -2.13. The molecule has 0 aliphatic carbocycles. The molecule has 0 aromatic carbocycles. The Morgan fingerprint density at radius 3 is 0.657 bits per heavy atom. The number of hydrogen-bond acceptors (Lipinski definition) is 0. The number of quaternary nitrogens is 1. The molecule has 0 aliphatic heterocycles. The second kappa shape index (κ2) is 34.2. The molecule has 0 aromatic heterocycles. The van der Waals surface area contributed by atoms with Gasteiger partial charge in [0.05, 0.1) is 20.1 Å². The molecule has 1 nitrogen and oxygen atoms in total. The predicted octanol–water partition coefficient (Wildman–Crippen LogP) is 7.47. The number of hydrogen-bond donors (Lipinski definition) is 1. The molecule has 0 atom stereocenters. The minimum Gasteiger partial charge on any atom is -1.00 e. The average Bonchev–Trinajstić information content (AvgIpc) is 2.84. The topological polar surface area (TPSA) is 4.44 Å². The van der Waals surface area contributed by atoms with Crippen LogP contribution < -0.4 is 17.3 Å². The largest absolute Gasteiger partial charge is 1.00 e. The van der Waals surface area contributed by atoms with Crippen LogP contribution in [-0.2, 0) is 0 Å². The Kier molecular flexibility index (Phi) is 36.6. The first-order valence-electron chi connectivity index (χ1n) is 16.6. The van der Waals surface area contributed by atoms with Crippen LogP contribution in [-0.4, -0.2) is 20.1 Å². The zero-order valence-corrected chi connectivity index (χ0v) is 25.8. The Morgan fingerprint density at radius 2 is 0.457 bits per heavy atom. The normalized spacial score (nSPS) is 11.3. The minimum atomic E-state index is 0. The molecule has 0 saturated heterocycles. The van der Waals surface area contributed by atoms with Crippen LogP contribution >= 0.6 is 0 Å². The van der Waals surface area contributed by atoms with E-state index >= 15 is 0 Å². The van der Waals surface area contributed by atoms with Crippen molar-refractivity contribution in [3.8, 4) is 0 Å². The summed E-state index contributed by atoms with van der Waals surface area (Å²) in [7, 11) is 2.42. The van der Waals surface area contributed by atoms with E-state index in [4.69, 9.17) is 0 Å². The molecule has 1 N–H and O–H groups in total. The molecular weight excluding hydrogens is 446 g/mol. The van der Waals surface area contributed by atoms with E-state index < -0.39 is 0 Å². The second-order valence-electron chi connectivity index (χ2n) is 11.6. The van der Waals surface area contributed by atoms with Gasteiger partial charge in [0.2, 0.25) is 0 Å². The van der Waals surface area contributed by atoms with Crippen molar-refractivity contribution in [3.63, 3.8) is 0 Å². The van der Waals surface area contributed by atoms with E-state index in [1.165, 1.54) is 193 Å². The highest BCUT2D eigenvalue weighted by molar-refractivity contribution is 4.51. The van der Waals surface area contributed by atoms with E-state index in [2.05, 4.69) is 20.9 Å². The molecule has 0 aliphatic rings. The van der Waals surface area contributed by atoms with Crippen LogP contribution in [0, 0.1) is 0 Å². The molecule has 214 valence electrons. The van der Waals surface area contributed by atoms with E-state index in [9.17, 15) is 0 Å². The standard InChI is InChI=1S/C33H69N.ClH/c1-4-6-8-10-12-14-16-18-20-22-24-26-28-30-32-34(3)33-31-29-27-25-23-21-19-17-15-13-11-9-7-5-2;/h4-33H2,1-3H3;1H. The quantitative estimate of drug-likeness (QED) is 0.0946. The maximum absolute atomic E-state index is 2.42. The van der Waals surface area contributed by atoms with Crippen molar-refractivity contribution in [2.45, 2.75) is 194 Å². The summed E-state index contributed by atoms with van der Waals surface area (Å²) < 4.78 is 0. The van der Waals surface area contributed by atoms with Gasteiger partial charge in [-0.2, -0.15) is 0 Å². The summed E-state index contributed by atoms with van der Waals surface area (Å²) >= 11 is 0. The third-order valence-electron chi connectivity index (χ3n) is 7.91. The molecule has 0 amide bonds. The third-order valence-corrected chi connectivity index (χ3v) is 7.91. The fourth-order valence-electron chi connectivity index (χ4n) is 5.37. The summed E-state index contributed by atoms with van der Waals surface area (Å²) in [5.74, 6) is 0. The monoisotopic (exact) mass is 516 g/mol. The summed E-state index contributed by atoms with van der Waals surface area (Å²) in [4.78, 5) is 1.78. The lowest BCUT2D eigenvalue weighted by molar-refractivity contribution is -0.880. The van der Waals surface area contributed by atoms with Gasteiger partial charge in [-0.3, -0.25) is 0 Å². The molecular formula is C33H70ClN. The van der Waals surface area contributed by atoms with Crippen molar-refractivity contribution in [1.29, 1.82) is 0 Å². The number of rotatable bonds is 30. The van der Waals surface area contributed by atoms with Gasteiger partial charge >= 0.3 is 0 Å². The fourth-order valence-corrected chi connectivity index (χ4v) is 5.37. The van der Waals surface area contributed by atoms with Gasteiger partial charge in [0.15, 0.2) is 0 Å². The third kappa shape index (κ3) is 34.2. The highest BCUT2D eigenvalue weighted by atomic mass is 35.5. The number of unbranched alkanes of at least 4 members (excludes halogenated alkanes) is 26. The molecule has 0 aromatic rings. The van der Waals surface area contributed by atoms with Gasteiger partial charge in [-0.15, -0.1) is 0 Å². The number of halogens is 1. The zero-order valence-electron chi connectivity index (χ0n) is 25.1. The molecule has 0 bridgehead atoms. The maximum atomic E-state index is 2.42. The second-order valence-corrected chi connectivity index (χ2v) is 11.6. The molecule has 35 heavy (non-hydrogen) atoms. The molecule has 0 radical (unpaired) electrons. The van der Waals surface area contributed by atoms with Gasteiger partial charge in [0, 0.05) is 0 Å². The molecule has 0 heterocycles. The van der Waals surface area contributed by atoms with Gasteiger partial charge in [0.1, 0.15) is 0 Å². The van der Waals surface area contributed by atoms with Gasteiger partial charge in [-0.05, 0) is 25.7 Å². The lowest BCUT2D eigenvalue weighted by atomic mass is 10.0.